The van der Waals surface area contributed by atoms with Gasteiger partial charge in [-0.05, 0) is 42.0 Å². The predicted molar refractivity (Wildman–Crippen MR) is 128 cm³/mol. The molecule has 164 valence electrons. The third-order valence-electron chi connectivity index (χ3n) is 6.17. The second-order valence-corrected chi connectivity index (χ2v) is 8.56. The van der Waals surface area contributed by atoms with Crippen molar-refractivity contribution in [1.29, 1.82) is 0 Å². The first-order valence-electron chi connectivity index (χ1n) is 11.1. The van der Waals surface area contributed by atoms with Gasteiger partial charge in [0.25, 0.3) is 0 Å². The third kappa shape index (κ3) is 4.21. The van der Waals surface area contributed by atoms with Crippen molar-refractivity contribution in [3.8, 4) is 0 Å². The molecule has 0 aromatic carbocycles. The minimum absolute atomic E-state index is 0.528. The highest BCUT2D eigenvalue weighted by molar-refractivity contribution is 5.66. The molecule has 1 aliphatic heterocycles. The summed E-state index contributed by atoms with van der Waals surface area (Å²) in [4.78, 5) is 20.7. The molecule has 1 aliphatic rings. The maximum atomic E-state index is 4.83. The second-order valence-electron chi connectivity index (χ2n) is 8.56. The first-order valence-corrected chi connectivity index (χ1v) is 11.1. The molecule has 0 saturated carbocycles. The Morgan fingerprint density at radius 3 is 2.56 bits per heavy atom. The molecule has 8 nitrogen and oxygen atoms in total. The lowest BCUT2D eigenvalue weighted by Crippen LogP contribution is -2.21. The van der Waals surface area contributed by atoms with E-state index >= 15 is 0 Å². The van der Waals surface area contributed by atoms with Gasteiger partial charge in [0.05, 0.1) is 0 Å². The van der Waals surface area contributed by atoms with Crippen LogP contribution in [0.2, 0.25) is 0 Å². The average Bonchev–Trinajstić information content (AvgIpc) is 3.39. The molecule has 2 atom stereocenters. The summed E-state index contributed by atoms with van der Waals surface area (Å²) >= 11 is 0. The van der Waals surface area contributed by atoms with Crippen LogP contribution in [0, 0.1) is 11.8 Å². The zero-order chi connectivity index (χ0) is 22.1. The van der Waals surface area contributed by atoms with Crippen molar-refractivity contribution < 1.29 is 0 Å². The highest BCUT2D eigenvalue weighted by atomic mass is 15.3. The van der Waals surface area contributed by atoms with Crippen molar-refractivity contribution in [2.24, 2.45) is 11.8 Å². The Kier molecular flexibility index (Phi) is 5.34. The van der Waals surface area contributed by atoms with Gasteiger partial charge in [0.2, 0.25) is 5.95 Å². The van der Waals surface area contributed by atoms with Crippen LogP contribution >= 0.6 is 0 Å². The highest BCUT2D eigenvalue weighted by Gasteiger charge is 2.27. The summed E-state index contributed by atoms with van der Waals surface area (Å²) < 4.78 is 1.98. The van der Waals surface area contributed by atoms with E-state index in [-0.39, 0.29) is 0 Å². The van der Waals surface area contributed by atoms with Crippen molar-refractivity contribution in [1.82, 2.24) is 24.3 Å². The molecule has 0 bridgehead atoms. The Hall–Kier alpha value is -3.68. The summed E-state index contributed by atoms with van der Waals surface area (Å²) in [5.74, 6) is 4.17. The molecular weight excluding hydrogens is 400 g/mol. The summed E-state index contributed by atoms with van der Waals surface area (Å²) in [6, 6.07) is 10.1. The lowest BCUT2D eigenvalue weighted by Gasteiger charge is -2.19. The minimum atomic E-state index is 0.528. The number of aryl methyl sites for hydroxylation is 1. The van der Waals surface area contributed by atoms with E-state index in [1.807, 2.05) is 53.3 Å². The number of fused-ring (bicyclic) bond motifs is 1. The lowest BCUT2D eigenvalue weighted by molar-refractivity contribution is 0.494. The fourth-order valence-electron chi connectivity index (χ4n) is 4.05. The van der Waals surface area contributed by atoms with E-state index in [2.05, 4.69) is 46.3 Å². The summed E-state index contributed by atoms with van der Waals surface area (Å²) in [7, 11) is 0. The van der Waals surface area contributed by atoms with Crippen LogP contribution in [0.15, 0.2) is 55.1 Å². The zero-order valence-electron chi connectivity index (χ0n) is 18.7. The molecule has 2 N–H and O–H groups in total. The molecule has 1 fully saturated rings. The standard InChI is InChI=1S/C24H28N8/c1-4-18-5-7-25-20(11-18)28-24-29-21(13-23(30-24)32-14-16(2)17(3)15-32)27-19-6-9-31-10-8-26-22(31)12-19/h5-13,16-17H,4,14-15H2,1-3H3,(H2,25,27,28,29,30)/t16-,17-/m0/s1. The van der Waals surface area contributed by atoms with Crippen LogP contribution in [0.4, 0.5) is 29.1 Å². The Morgan fingerprint density at radius 2 is 1.75 bits per heavy atom. The van der Waals surface area contributed by atoms with Gasteiger partial charge >= 0.3 is 0 Å². The SMILES string of the molecule is CCc1ccnc(Nc2nc(Nc3ccn4ccnc4c3)cc(N3C[C@H](C)[C@@H](C)C3)n2)c1. The van der Waals surface area contributed by atoms with Gasteiger partial charge in [0.1, 0.15) is 23.1 Å². The third-order valence-corrected chi connectivity index (χ3v) is 6.17. The van der Waals surface area contributed by atoms with Gasteiger partial charge in [-0.15, -0.1) is 0 Å². The van der Waals surface area contributed by atoms with Crippen molar-refractivity contribution in [2.45, 2.75) is 27.2 Å². The van der Waals surface area contributed by atoms with Crippen molar-refractivity contribution in [3.63, 3.8) is 0 Å². The summed E-state index contributed by atoms with van der Waals surface area (Å²) in [6.45, 7) is 8.69. The molecule has 0 spiro atoms. The predicted octanol–water partition coefficient (Wildman–Crippen LogP) is 4.66. The van der Waals surface area contributed by atoms with E-state index in [4.69, 9.17) is 9.97 Å². The van der Waals surface area contributed by atoms with Gasteiger partial charge in [-0.25, -0.2) is 9.97 Å². The number of pyridine rings is 2. The van der Waals surface area contributed by atoms with E-state index < -0.39 is 0 Å². The van der Waals surface area contributed by atoms with Crippen LogP contribution in [0.25, 0.3) is 5.65 Å². The summed E-state index contributed by atoms with van der Waals surface area (Å²) in [6.07, 6.45) is 8.46. The second kappa shape index (κ2) is 8.45. The number of anilines is 5. The van der Waals surface area contributed by atoms with Gasteiger partial charge in [-0.1, -0.05) is 20.8 Å². The maximum absolute atomic E-state index is 4.83. The lowest BCUT2D eigenvalue weighted by atomic mass is 10.0. The molecule has 8 heteroatoms. The maximum Gasteiger partial charge on any atom is 0.232 e. The molecule has 0 unspecified atom stereocenters. The van der Waals surface area contributed by atoms with Crippen molar-refractivity contribution in [2.75, 3.05) is 28.6 Å². The number of rotatable bonds is 6. The Labute approximate surface area is 187 Å². The van der Waals surface area contributed by atoms with Gasteiger partial charge in [-0.3, -0.25) is 0 Å². The van der Waals surface area contributed by atoms with E-state index in [1.165, 1.54) is 5.56 Å². The topological polar surface area (TPSA) is 83.3 Å². The molecule has 4 aromatic heterocycles. The molecule has 0 radical (unpaired) electrons. The van der Waals surface area contributed by atoms with Crippen LogP contribution in [0.1, 0.15) is 26.3 Å². The fraction of sp³-hybridized carbons (Fsp3) is 0.333. The fourth-order valence-corrected chi connectivity index (χ4v) is 4.05. The zero-order valence-corrected chi connectivity index (χ0v) is 18.7. The molecule has 5 heterocycles. The van der Waals surface area contributed by atoms with Gasteiger partial charge < -0.3 is 19.9 Å². The first-order chi connectivity index (χ1) is 15.6. The number of imidazole rings is 1. The van der Waals surface area contributed by atoms with Crippen LogP contribution < -0.4 is 15.5 Å². The van der Waals surface area contributed by atoms with E-state index in [0.717, 1.165) is 48.3 Å². The number of hydrogen-bond acceptors (Lipinski definition) is 7. The van der Waals surface area contributed by atoms with E-state index in [9.17, 15) is 0 Å². The van der Waals surface area contributed by atoms with E-state index in [0.29, 0.717) is 17.8 Å². The van der Waals surface area contributed by atoms with Crippen LogP contribution in [0.3, 0.4) is 0 Å². The summed E-state index contributed by atoms with van der Waals surface area (Å²) in [5, 5.41) is 6.73. The Bertz CT molecular complexity index is 1220. The van der Waals surface area contributed by atoms with Crippen molar-refractivity contribution >= 4 is 34.7 Å². The van der Waals surface area contributed by atoms with E-state index in [1.54, 1.807) is 6.20 Å². The minimum Gasteiger partial charge on any atom is -0.356 e. The Balaban J connectivity index is 1.48. The number of nitrogens with zero attached hydrogens (tertiary/aromatic N) is 6. The molecule has 5 rings (SSSR count). The van der Waals surface area contributed by atoms with Crippen molar-refractivity contribution in [3.05, 3.63) is 60.7 Å². The first kappa shape index (κ1) is 20.2. The smallest absolute Gasteiger partial charge is 0.232 e. The van der Waals surface area contributed by atoms with Gasteiger partial charge in [0.15, 0.2) is 0 Å². The van der Waals surface area contributed by atoms with Crippen LogP contribution in [0.5, 0.6) is 0 Å². The van der Waals surface area contributed by atoms with Crippen LogP contribution in [-0.4, -0.2) is 37.4 Å². The number of aromatic nitrogens is 5. The molecule has 1 saturated heterocycles. The quantitative estimate of drug-likeness (QED) is 0.462. The van der Waals surface area contributed by atoms with Crippen LogP contribution in [-0.2, 0) is 6.42 Å². The normalized spacial score (nSPS) is 18.3. The molecule has 0 amide bonds. The van der Waals surface area contributed by atoms with Gasteiger partial charge in [-0.2, -0.15) is 9.97 Å². The Morgan fingerprint density at radius 1 is 0.906 bits per heavy atom. The van der Waals surface area contributed by atoms with Gasteiger partial charge in [0, 0.05) is 55.7 Å². The largest absolute Gasteiger partial charge is 0.356 e. The molecule has 32 heavy (non-hydrogen) atoms. The number of nitrogens with one attached hydrogen (secondary N) is 2. The monoisotopic (exact) mass is 428 g/mol. The number of hydrogen-bond donors (Lipinski definition) is 2. The summed E-state index contributed by atoms with van der Waals surface area (Å²) in [5.41, 5.74) is 3.02. The molecule has 4 aromatic rings. The highest BCUT2D eigenvalue weighted by Crippen LogP contribution is 2.30. The molecule has 0 aliphatic carbocycles. The molecular formula is C24H28N8. The average molecular weight is 429 g/mol.